The Balaban J connectivity index is 2.79. The van der Waals surface area contributed by atoms with Crippen molar-refractivity contribution in [1.29, 1.82) is 0 Å². The van der Waals surface area contributed by atoms with Crippen LogP contribution in [0.4, 0.5) is 23.7 Å². The molecule has 7 heteroatoms. The number of benzene rings is 1. The van der Waals surface area contributed by atoms with Crippen molar-refractivity contribution < 1.29 is 18.0 Å². The van der Waals surface area contributed by atoms with Crippen molar-refractivity contribution >= 4 is 11.7 Å². The lowest BCUT2D eigenvalue weighted by atomic mass is 10.2. The lowest BCUT2D eigenvalue weighted by Gasteiger charge is -2.22. The summed E-state index contributed by atoms with van der Waals surface area (Å²) in [5.74, 6) is 0. The maximum absolute atomic E-state index is 12.6. The van der Waals surface area contributed by atoms with Crippen LogP contribution in [0.1, 0.15) is 18.9 Å². The third-order valence-corrected chi connectivity index (χ3v) is 2.62. The van der Waals surface area contributed by atoms with E-state index in [2.05, 4.69) is 5.32 Å². The first kappa shape index (κ1) is 16.3. The number of nitrogens with one attached hydrogen (secondary N) is 1. The molecule has 1 rings (SSSR count). The van der Waals surface area contributed by atoms with Gasteiger partial charge in [0.25, 0.3) is 0 Å². The SMILES string of the molecule is CCCN(CCN)C(=O)Nc1cccc(C(F)(F)F)c1. The van der Waals surface area contributed by atoms with E-state index >= 15 is 0 Å². The predicted octanol–water partition coefficient (Wildman–Crippen LogP) is 2.91. The summed E-state index contributed by atoms with van der Waals surface area (Å²) < 4.78 is 37.7. The molecule has 0 aliphatic rings. The van der Waals surface area contributed by atoms with Crippen molar-refractivity contribution in [2.75, 3.05) is 25.0 Å². The average molecular weight is 289 g/mol. The van der Waals surface area contributed by atoms with Gasteiger partial charge in [0.1, 0.15) is 0 Å². The fourth-order valence-electron chi connectivity index (χ4n) is 1.72. The number of alkyl halides is 3. The average Bonchev–Trinajstić information content (AvgIpc) is 2.38. The standard InChI is InChI=1S/C13H18F3N3O/c1-2-7-19(8-6-17)12(20)18-11-5-3-4-10(9-11)13(14,15)16/h3-5,9H,2,6-8,17H2,1H3,(H,18,20). The molecule has 0 unspecified atom stereocenters. The highest BCUT2D eigenvalue weighted by Gasteiger charge is 2.30. The highest BCUT2D eigenvalue weighted by atomic mass is 19.4. The predicted molar refractivity (Wildman–Crippen MR) is 71.4 cm³/mol. The Morgan fingerprint density at radius 1 is 1.35 bits per heavy atom. The van der Waals surface area contributed by atoms with Crippen molar-refractivity contribution in [1.82, 2.24) is 4.90 Å². The Labute approximate surface area is 115 Å². The van der Waals surface area contributed by atoms with Gasteiger partial charge in [0, 0.05) is 25.3 Å². The number of carbonyl (C=O) groups is 1. The summed E-state index contributed by atoms with van der Waals surface area (Å²) in [4.78, 5) is 13.4. The van der Waals surface area contributed by atoms with Crippen molar-refractivity contribution in [2.24, 2.45) is 5.73 Å². The molecule has 112 valence electrons. The van der Waals surface area contributed by atoms with Crippen molar-refractivity contribution in [3.05, 3.63) is 29.8 Å². The fraction of sp³-hybridized carbons (Fsp3) is 0.462. The van der Waals surface area contributed by atoms with Crippen molar-refractivity contribution in [3.63, 3.8) is 0 Å². The number of rotatable bonds is 5. The Morgan fingerprint density at radius 3 is 2.60 bits per heavy atom. The molecule has 0 aliphatic heterocycles. The first-order chi connectivity index (χ1) is 9.38. The summed E-state index contributed by atoms with van der Waals surface area (Å²) in [6.07, 6.45) is -3.68. The molecule has 0 aliphatic carbocycles. The van der Waals surface area contributed by atoms with E-state index in [-0.39, 0.29) is 5.69 Å². The molecular weight excluding hydrogens is 271 g/mol. The number of halogens is 3. The van der Waals surface area contributed by atoms with Gasteiger partial charge in [-0.05, 0) is 24.6 Å². The van der Waals surface area contributed by atoms with E-state index in [1.165, 1.54) is 17.0 Å². The lowest BCUT2D eigenvalue weighted by Crippen LogP contribution is -2.39. The topological polar surface area (TPSA) is 58.4 Å². The molecule has 20 heavy (non-hydrogen) atoms. The summed E-state index contributed by atoms with van der Waals surface area (Å²) in [5.41, 5.74) is 4.72. The number of amides is 2. The van der Waals surface area contributed by atoms with Crippen LogP contribution < -0.4 is 11.1 Å². The second-order valence-corrected chi connectivity index (χ2v) is 4.28. The second kappa shape index (κ2) is 7.14. The van der Waals surface area contributed by atoms with Crippen LogP contribution in [-0.2, 0) is 6.18 Å². The zero-order chi connectivity index (χ0) is 15.2. The Morgan fingerprint density at radius 2 is 2.05 bits per heavy atom. The van der Waals surface area contributed by atoms with Gasteiger partial charge in [0.2, 0.25) is 0 Å². The van der Waals surface area contributed by atoms with Gasteiger partial charge in [0.15, 0.2) is 0 Å². The highest BCUT2D eigenvalue weighted by Crippen LogP contribution is 2.30. The van der Waals surface area contributed by atoms with Gasteiger partial charge in [-0.3, -0.25) is 0 Å². The molecule has 0 fully saturated rings. The zero-order valence-corrected chi connectivity index (χ0v) is 11.2. The number of anilines is 1. The maximum atomic E-state index is 12.6. The number of nitrogens with two attached hydrogens (primary N) is 1. The molecule has 0 radical (unpaired) electrons. The van der Waals surface area contributed by atoms with E-state index in [0.717, 1.165) is 18.6 Å². The van der Waals surface area contributed by atoms with Gasteiger partial charge in [0.05, 0.1) is 5.56 Å². The number of urea groups is 1. The van der Waals surface area contributed by atoms with E-state index in [1.54, 1.807) is 0 Å². The Hall–Kier alpha value is -1.76. The smallest absolute Gasteiger partial charge is 0.329 e. The minimum absolute atomic E-state index is 0.114. The quantitative estimate of drug-likeness (QED) is 0.875. The molecule has 0 saturated heterocycles. The number of nitrogens with zero attached hydrogens (tertiary/aromatic N) is 1. The molecule has 0 aromatic heterocycles. The molecule has 0 bridgehead atoms. The van der Waals surface area contributed by atoms with E-state index in [1.807, 2.05) is 6.92 Å². The molecule has 1 aromatic rings. The minimum atomic E-state index is -4.43. The van der Waals surface area contributed by atoms with Crippen LogP contribution in [0, 0.1) is 0 Å². The first-order valence-corrected chi connectivity index (χ1v) is 6.31. The monoisotopic (exact) mass is 289 g/mol. The normalized spacial score (nSPS) is 11.2. The van der Waals surface area contributed by atoms with Gasteiger partial charge in [-0.2, -0.15) is 13.2 Å². The first-order valence-electron chi connectivity index (χ1n) is 6.31. The van der Waals surface area contributed by atoms with E-state index in [9.17, 15) is 18.0 Å². The highest BCUT2D eigenvalue weighted by molar-refractivity contribution is 5.89. The Bertz CT molecular complexity index is 443. The molecule has 1 aromatic carbocycles. The largest absolute Gasteiger partial charge is 0.416 e. The minimum Gasteiger partial charge on any atom is -0.329 e. The molecule has 0 heterocycles. The summed E-state index contributed by atoms with van der Waals surface area (Å²) >= 11 is 0. The van der Waals surface area contributed by atoms with Gasteiger partial charge in [-0.25, -0.2) is 4.79 Å². The van der Waals surface area contributed by atoms with Gasteiger partial charge >= 0.3 is 12.2 Å². The molecule has 0 spiro atoms. The van der Waals surface area contributed by atoms with Crippen molar-refractivity contribution in [3.8, 4) is 0 Å². The van der Waals surface area contributed by atoms with Crippen LogP contribution in [0.3, 0.4) is 0 Å². The summed E-state index contributed by atoms with van der Waals surface area (Å²) in [6, 6.07) is 4.09. The van der Waals surface area contributed by atoms with Crippen LogP contribution in [0.2, 0.25) is 0 Å². The van der Waals surface area contributed by atoms with Crippen LogP contribution >= 0.6 is 0 Å². The third kappa shape index (κ3) is 4.73. The van der Waals surface area contributed by atoms with Crippen molar-refractivity contribution in [2.45, 2.75) is 19.5 Å². The Kier molecular flexibility index (Phi) is 5.82. The van der Waals surface area contributed by atoms with Gasteiger partial charge in [-0.15, -0.1) is 0 Å². The molecule has 0 atom stereocenters. The molecule has 0 saturated carbocycles. The lowest BCUT2D eigenvalue weighted by molar-refractivity contribution is -0.137. The molecule has 3 N–H and O–H groups in total. The second-order valence-electron chi connectivity index (χ2n) is 4.28. The van der Waals surface area contributed by atoms with Crippen LogP contribution in [0.15, 0.2) is 24.3 Å². The molecule has 2 amide bonds. The van der Waals surface area contributed by atoms with Crippen LogP contribution in [-0.4, -0.2) is 30.6 Å². The maximum Gasteiger partial charge on any atom is 0.416 e. The van der Waals surface area contributed by atoms with Crippen LogP contribution in [0.25, 0.3) is 0 Å². The summed E-state index contributed by atoms with van der Waals surface area (Å²) in [7, 11) is 0. The number of hydrogen-bond acceptors (Lipinski definition) is 2. The summed E-state index contributed by atoms with van der Waals surface area (Å²) in [5, 5.41) is 2.46. The fourth-order valence-corrected chi connectivity index (χ4v) is 1.72. The number of hydrogen-bond donors (Lipinski definition) is 2. The van der Waals surface area contributed by atoms with Gasteiger partial charge in [-0.1, -0.05) is 13.0 Å². The third-order valence-electron chi connectivity index (χ3n) is 2.62. The zero-order valence-electron chi connectivity index (χ0n) is 11.2. The van der Waals surface area contributed by atoms with E-state index < -0.39 is 17.8 Å². The molecule has 4 nitrogen and oxygen atoms in total. The summed E-state index contributed by atoms with van der Waals surface area (Å²) in [6.45, 7) is 3.07. The van der Waals surface area contributed by atoms with E-state index in [0.29, 0.717) is 19.6 Å². The van der Waals surface area contributed by atoms with E-state index in [4.69, 9.17) is 5.73 Å². The van der Waals surface area contributed by atoms with Crippen LogP contribution in [0.5, 0.6) is 0 Å². The number of carbonyl (C=O) groups excluding carboxylic acids is 1. The molecular formula is C13H18F3N3O. The van der Waals surface area contributed by atoms with Gasteiger partial charge < -0.3 is 16.0 Å².